The van der Waals surface area contributed by atoms with E-state index in [9.17, 15) is 9.59 Å². The van der Waals surface area contributed by atoms with Crippen LogP contribution in [-0.2, 0) is 9.59 Å². The molecule has 1 fully saturated rings. The molecule has 0 radical (unpaired) electrons. The first-order valence-electron chi connectivity index (χ1n) is 8.49. The number of unbranched alkanes of at least 4 members (excludes halogenated alkanes) is 1. The van der Waals surface area contributed by atoms with Crippen LogP contribution in [0.25, 0.3) is 0 Å². The lowest BCUT2D eigenvalue weighted by Crippen LogP contribution is -2.35. The number of hydrogen-bond donors (Lipinski definition) is 0. The van der Waals surface area contributed by atoms with Gasteiger partial charge in [0, 0.05) is 6.54 Å². The van der Waals surface area contributed by atoms with Crippen LogP contribution in [0.4, 0.5) is 0 Å². The summed E-state index contributed by atoms with van der Waals surface area (Å²) in [6.07, 6.45) is 6.08. The molecule has 1 saturated heterocycles. The minimum atomic E-state index is -0.0788. The molecule has 2 rings (SSSR count). The normalized spacial score (nSPS) is 27.3. The first-order valence-corrected chi connectivity index (χ1v) is 8.49. The van der Waals surface area contributed by atoms with E-state index in [1.54, 1.807) is 4.90 Å². The number of carbonyl (C=O) groups is 2. The highest BCUT2D eigenvalue weighted by molar-refractivity contribution is 6.05. The second-order valence-corrected chi connectivity index (χ2v) is 6.89. The first-order chi connectivity index (χ1) is 9.99. The zero-order valence-electron chi connectivity index (χ0n) is 13.9. The number of likely N-dealkylation sites (tertiary alicyclic amines) is 1. The van der Waals surface area contributed by atoms with Gasteiger partial charge in [-0.1, -0.05) is 44.3 Å². The van der Waals surface area contributed by atoms with Crippen LogP contribution in [0.3, 0.4) is 0 Å². The Morgan fingerprint density at radius 2 is 1.57 bits per heavy atom. The molecule has 1 heterocycles. The van der Waals surface area contributed by atoms with E-state index in [4.69, 9.17) is 0 Å². The number of rotatable bonds is 6. The molecule has 0 N–H and O–H groups in total. The van der Waals surface area contributed by atoms with E-state index in [2.05, 4.69) is 27.7 Å². The van der Waals surface area contributed by atoms with Gasteiger partial charge in [-0.05, 0) is 39.0 Å². The van der Waals surface area contributed by atoms with Crippen LogP contribution in [0, 0.1) is 17.8 Å². The van der Waals surface area contributed by atoms with Crippen molar-refractivity contribution in [3.63, 3.8) is 0 Å². The van der Waals surface area contributed by atoms with Crippen molar-refractivity contribution in [2.45, 2.75) is 66.2 Å². The third kappa shape index (κ3) is 3.22. The van der Waals surface area contributed by atoms with Gasteiger partial charge in [0.05, 0.1) is 11.8 Å². The van der Waals surface area contributed by atoms with Crippen molar-refractivity contribution >= 4 is 11.8 Å². The lowest BCUT2D eigenvalue weighted by molar-refractivity contribution is -0.140. The summed E-state index contributed by atoms with van der Waals surface area (Å²) in [5.41, 5.74) is 2.61. The first kappa shape index (κ1) is 16.3. The third-order valence-corrected chi connectivity index (χ3v) is 5.42. The average molecular weight is 291 g/mol. The van der Waals surface area contributed by atoms with Crippen molar-refractivity contribution in [3.05, 3.63) is 11.1 Å². The molecule has 3 heteroatoms. The predicted molar refractivity (Wildman–Crippen MR) is 84.6 cm³/mol. The molecule has 1 aliphatic heterocycles. The molecule has 0 aromatic rings. The molecule has 2 aliphatic rings. The lowest BCUT2D eigenvalue weighted by atomic mass is 9.78. The van der Waals surface area contributed by atoms with Crippen molar-refractivity contribution in [2.75, 3.05) is 6.54 Å². The van der Waals surface area contributed by atoms with Crippen LogP contribution in [0.15, 0.2) is 11.1 Å². The van der Waals surface area contributed by atoms with E-state index >= 15 is 0 Å². The zero-order chi connectivity index (χ0) is 15.6. The fraction of sp³-hybridized carbons (Fsp3) is 0.778. The van der Waals surface area contributed by atoms with Gasteiger partial charge in [0.1, 0.15) is 0 Å². The molecule has 2 amide bonds. The Morgan fingerprint density at radius 1 is 1.05 bits per heavy atom. The Bertz CT molecular complexity index is 420. The molecule has 0 spiro atoms. The molecule has 0 bridgehead atoms. The molecule has 1 aliphatic carbocycles. The highest BCUT2D eigenvalue weighted by Gasteiger charge is 2.49. The number of allylic oxidation sites excluding steroid dienone is 2. The smallest absolute Gasteiger partial charge is 0.233 e. The Hall–Kier alpha value is -1.12. The summed E-state index contributed by atoms with van der Waals surface area (Å²) in [6, 6.07) is 0. The fourth-order valence-electron chi connectivity index (χ4n) is 3.68. The van der Waals surface area contributed by atoms with Crippen molar-refractivity contribution in [1.82, 2.24) is 4.90 Å². The van der Waals surface area contributed by atoms with Gasteiger partial charge < -0.3 is 0 Å². The van der Waals surface area contributed by atoms with Gasteiger partial charge in [0.2, 0.25) is 11.8 Å². The Labute approximate surface area is 128 Å². The van der Waals surface area contributed by atoms with Gasteiger partial charge in [-0.3, -0.25) is 14.5 Å². The van der Waals surface area contributed by atoms with E-state index in [1.165, 1.54) is 24.0 Å². The summed E-state index contributed by atoms with van der Waals surface area (Å²) in [4.78, 5) is 26.8. The van der Waals surface area contributed by atoms with Crippen molar-refractivity contribution in [2.24, 2.45) is 17.8 Å². The SMILES string of the molecule is CCCCC(CC)CN1C(=O)C2CC(C)=C(C)CC2C1=O. The number of nitrogens with zero attached hydrogens (tertiary/aromatic N) is 1. The van der Waals surface area contributed by atoms with Gasteiger partial charge in [0.25, 0.3) is 0 Å². The van der Waals surface area contributed by atoms with Crippen LogP contribution >= 0.6 is 0 Å². The minimum absolute atomic E-state index is 0.0788. The average Bonchev–Trinajstić information content (AvgIpc) is 2.68. The van der Waals surface area contributed by atoms with Crippen LogP contribution in [0.2, 0.25) is 0 Å². The number of carbonyl (C=O) groups excluding carboxylic acids is 2. The van der Waals surface area contributed by atoms with Gasteiger partial charge >= 0.3 is 0 Å². The molecule has 3 atom stereocenters. The number of fused-ring (bicyclic) bond motifs is 1. The molecule has 3 unspecified atom stereocenters. The lowest BCUT2D eigenvalue weighted by Gasteiger charge is -2.23. The van der Waals surface area contributed by atoms with Gasteiger partial charge in [-0.15, -0.1) is 0 Å². The third-order valence-electron chi connectivity index (χ3n) is 5.42. The van der Waals surface area contributed by atoms with Crippen molar-refractivity contribution < 1.29 is 9.59 Å². The van der Waals surface area contributed by atoms with E-state index in [0.29, 0.717) is 12.5 Å². The maximum absolute atomic E-state index is 12.6. The van der Waals surface area contributed by atoms with Gasteiger partial charge in [0.15, 0.2) is 0 Å². The van der Waals surface area contributed by atoms with Crippen LogP contribution in [-0.4, -0.2) is 23.3 Å². The highest BCUT2D eigenvalue weighted by Crippen LogP contribution is 2.41. The second-order valence-electron chi connectivity index (χ2n) is 6.89. The van der Waals surface area contributed by atoms with E-state index in [1.807, 2.05) is 0 Å². The largest absolute Gasteiger partial charge is 0.282 e. The monoisotopic (exact) mass is 291 g/mol. The molecule has 0 aromatic carbocycles. The number of imide groups is 1. The molecule has 0 saturated carbocycles. The maximum atomic E-state index is 12.6. The van der Waals surface area contributed by atoms with Crippen LogP contribution in [0.5, 0.6) is 0 Å². The summed E-state index contributed by atoms with van der Waals surface area (Å²) in [5.74, 6) is 0.488. The number of hydrogen-bond acceptors (Lipinski definition) is 2. The molecule has 118 valence electrons. The second kappa shape index (κ2) is 6.76. The maximum Gasteiger partial charge on any atom is 0.233 e. The topological polar surface area (TPSA) is 37.4 Å². The fourth-order valence-corrected chi connectivity index (χ4v) is 3.68. The van der Waals surface area contributed by atoms with E-state index in [-0.39, 0.29) is 23.7 Å². The Kier molecular flexibility index (Phi) is 5.23. The molecular formula is C18H29NO2. The quantitative estimate of drug-likeness (QED) is 0.549. The van der Waals surface area contributed by atoms with Gasteiger partial charge in [-0.2, -0.15) is 0 Å². The Balaban J connectivity index is 2.07. The zero-order valence-corrected chi connectivity index (χ0v) is 13.9. The van der Waals surface area contributed by atoms with E-state index < -0.39 is 0 Å². The standard InChI is InChI=1S/C18H29NO2/c1-5-7-8-14(6-2)11-19-17(20)15-9-12(3)13(4)10-16(15)18(19)21/h14-16H,5-11H2,1-4H3. The molecular weight excluding hydrogens is 262 g/mol. The summed E-state index contributed by atoms with van der Waals surface area (Å²) in [6.45, 7) is 9.18. The summed E-state index contributed by atoms with van der Waals surface area (Å²) < 4.78 is 0. The minimum Gasteiger partial charge on any atom is -0.282 e. The molecule has 3 nitrogen and oxygen atoms in total. The summed E-state index contributed by atoms with van der Waals surface area (Å²) in [7, 11) is 0. The molecule has 0 aromatic heterocycles. The van der Waals surface area contributed by atoms with Crippen molar-refractivity contribution in [1.29, 1.82) is 0 Å². The van der Waals surface area contributed by atoms with Gasteiger partial charge in [-0.25, -0.2) is 0 Å². The van der Waals surface area contributed by atoms with E-state index in [0.717, 1.165) is 25.7 Å². The summed E-state index contributed by atoms with van der Waals surface area (Å²) in [5, 5.41) is 0. The van der Waals surface area contributed by atoms with Crippen molar-refractivity contribution in [3.8, 4) is 0 Å². The van der Waals surface area contributed by atoms with Crippen LogP contribution in [0.1, 0.15) is 66.2 Å². The predicted octanol–water partition coefficient (Wildman–Crippen LogP) is 3.93. The summed E-state index contributed by atoms with van der Waals surface area (Å²) >= 11 is 0. The Morgan fingerprint density at radius 3 is 2.00 bits per heavy atom. The highest BCUT2D eigenvalue weighted by atomic mass is 16.2. The molecule has 21 heavy (non-hydrogen) atoms. The van der Waals surface area contributed by atoms with Crippen LogP contribution < -0.4 is 0 Å². The number of amides is 2.